The number of ether oxygens (including phenoxy) is 2. The molecular formula is C23H26N2O3. The monoisotopic (exact) mass is 378 g/mol. The quantitative estimate of drug-likeness (QED) is 0.835. The predicted octanol–water partition coefficient (Wildman–Crippen LogP) is 4.51. The number of anilines is 2. The normalized spacial score (nSPS) is 26.6. The first-order valence-electron chi connectivity index (χ1n) is 10.0. The molecule has 2 aromatic rings. The van der Waals surface area contributed by atoms with E-state index >= 15 is 0 Å². The van der Waals surface area contributed by atoms with Crippen LogP contribution in [0.5, 0.6) is 5.75 Å². The number of fused-ring (bicyclic) bond motifs is 2. The van der Waals surface area contributed by atoms with Crippen LogP contribution >= 0.6 is 0 Å². The summed E-state index contributed by atoms with van der Waals surface area (Å²) in [5, 5.41) is 3.45. The van der Waals surface area contributed by atoms with Crippen molar-refractivity contribution < 1.29 is 14.3 Å². The molecule has 0 radical (unpaired) electrons. The van der Waals surface area contributed by atoms with Crippen molar-refractivity contribution in [1.29, 1.82) is 0 Å². The van der Waals surface area contributed by atoms with E-state index in [0.717, 1.165) is 40.2 Å². The van der Waals surface area contributed by atoms with Crippen LogP contribution in [0.4, 0.5) is 11.4 Å². The predicted molar refractivity (Wildman–Crippen MR) is 109 cm³/mol. The van der Waals surface area contributed by atoms with Crippen LogP contribution in [-0.4, -0.2) is 18.1 Å². The molecule has 5 nitrogen and oxygen atoms in total. The van der Waals surface area contributed by atoms with E-state index < -0.39 is 5.72 Å². The van der Waals surface area contributed by atoms with Gasteiger partial charge in [0, 0.05) is 22.4 Å². The number of rotatable bonds is 2. The first-order chi connectivity index (χ1) is 13.4. The molecule has 0 fully saturated rings. The van der Waals surface area contributed by atoms with Crippen molar-refractivity contribution in [3.05, 3.63) is 53.1 Å². The van der Waals surface area contributed by atoms with Crippen molar-refractivity contribution in [2.45, 2.75) is 57.9 Å². The summed E-state index contributed by atoms with van der Waals surface area (Å²) >= 11 is 0. The van der Waals surface area contributed by atoms with Crippen molar-refractivity contribution in [3.63, 3.8) is 0 Å². The molecule has 0 saturated carbocycles. The average molecular weight is 378 g/mol. The first kappa shape index (κ1) is 17.6. The van der Waals surface area contributed by atoms with Crippen LogP contribution in [0.25, 0.3) is 0 Å². The summed E-state index contributed by atoms with van der Waals surface area (Å²) < 4.78 is 12.2. The molecule has 0 unspecified atom stereocenters. The van der Waals surface area contributed by atoms with E-state index in [1.54, 1.807) is 0 Å². The third kappa shape index (κ3) is 2.20. The lowest BCUT2D eigenvalue weighted by Crippen LogP contribution is -2.56. The molecule has 3 heterocycles. The molecule has 5 heteroatoms. The van der Waals surface area contributed by atoms with Gasteiger partial charge in [-0.25, -0.2) is 0 Å². The van der Waals surface area contributed by atoms with Crippen LogP contribution < -0.4 is 15.0 Å². The van der Waals surface area contributed by atoms with Gasteiger partial charge >= 0.3 is 0 Å². The maximum atomic E-state index is 13.9. The Morgan fingerprint density at radius 1 is 1.29 bits per heavy atom. The van der Waals surface area contributed by atoms with Gasteiger partial charge in [-0.2, -0.15) is 0 Å². The number of hydrogen-bond acceptors (Lipinski definition) is 4. The van der Waals surface area contributed by atoms with Crippen molar-refractivity contribution in [1.82, 2.24) is 0 Å². The van der Waals surface area contributed by atoms with Gasteiger partial charge < -0.3 is 19.7 Å². The Hall–Kier alpha value is -2.53. The summed E-state index contributed by atoms with van der Waals surface area (Å²) in [5.74, 6) is 1.09. The fourth-order valence-corrected chi connectivity index (χ4v) is 5.12. The zero-order chi connectivity index (χ0) is 19.7. The van der Waals surface area contributed by atoms with Crippen LogP contribution in [0.15, 0.2) is 36.4 Å². The van der Waals surface area contributed by atoms with Crippen LogP contribution in [0.3, 0.4) is 0 Å². The molecule has 2 atom stereocenters. The Kier molecular flexibility index (Phi) is 3.60. The van der Waals surface area contributed by atoms with Crippen LogP contribution in [0.2, 0.25) is 0 Å². The molecule has 0 bridgehead atoms. The summed E-state index contributed by atoms with van der Waals surface area (Å²) in [4.78, 5) is 15.8. The molecule has 0 saturated heterocycles. The topological polar surface area (TPSA) is 50.8 Å². The van der Waals surface area contributed by atoms with Crippen molar-refractivity contribution in [2.75, 3.05) is 16.8 Å². The highest BCUT2D eigenvalue weighted by molar-refractivity contribution is 6.11. The standard InChI is InChI=1S/C23H26N2O3/c1-5-27-16-10-17-14(2)12-22(3,4)25-20(17)18(11-16)23(21(25)26)24-19-9-7-6-8-15(19)13-28-23/h6-11,14,24H,5,12-13H2,1-4H3/t14-,23+/m0/s1. The molecule has 2 aromatic carbocycles. The highest BCUT2D eigenvalue weighted by atomic mass is 16.5. The van der Waals surface area contributed by atoms with E-state index in [0.29, 0.717) is 19.1 Å². The van der Waals surface area contributed by atoms with Gasteiger partial charge in [0.15, 0.2) is 0 Å². The van der Waals surface area contributed by atoms with Gasteiger partial charge in [0.05, 0.1) is 18.9 Å². The van der Waals surface area contributed by atoms with E-state index in [4.69, 9.17) is 9.47 Å². The van der Waals surface area contributed by atoms with Crippen LogP contribution in [0, 0.1) is 0 Å². The zero-order valence-corrected chi connectivity index (χ0v) is 16.8. The Bertz CT molecular complexity index is 984. The minimum Gasteiger partial charge on any atom is -0.494 e. The number of nitrogens with zero attached hydrogens (tertiary/aromatic N) is 1. The maximum Gasteiger partial charge on any atom is 0.285 e. The lowest BCUT2D eigenvalue weighted by atomic mass is 9.80. The smallest absolute Gasteiger partial charge is 0.285 e. The highest BCUT2D eigenvalue weighted by Gasteiger charge is 2.60. The van der Waals surface area contributed by atoms with Gasteiger partial charge in [0.1, 0.15) is 5.75 Å². The molecule has 0 aliphatic carbocycles. The molecule has 5 rings (SSSR count). The van der Waals surface area contributed by atoms with Gasteiger partial charge in [-0.3, -0.25) is 4.79 Å². The van der Waals surface area contributed by atoms with Gasteiger partial charge in [-0.1, -0.05) is 25.1 Å². The van der Waals surface area contributed by atoms with Crippen molar-refractivity contribution >= 4 is 17.3 Å². The Labute approximate surface area is 165 Å². The van der Waals surface area contributed by atoms with E-state index in [2.05, 4.69) is 32.2 Å². The molecular weight excluding hydrogens is 352 g/mol. The fraction of sp³-hybridized carbons (Fsp3) is 0.435. The lowest BCUT2D eigenvalue weighted by molar-refractivity contribution is -0.143. The maximum absolute atomic E-state index is 13.9. The van der Waals surface area contributed by atoms with Crippen LogP contribution in [0.1, 0.15) is 56.7 Å². The van der Waals surface area contributed by atoms with Gasteiger partial charge in [0.2, 0.25) is 5.72 Å². The molecule has 1 spiro atoms. The molecule has 1 N–H and O–H groups in total. The second-order valence-corrected chi connectivity index (χ2v) is 8.65. The number of carbonyl (C=O) groups is 1. The van der Waals surface area contributed by atoms with Gasteiger partial charge in [-0.15, -0.1) is 0 Å². The molecule has 146 valence electrons. The summed E-state index contributed by atoms with van der Waals surface area (Å²) in [6.07, 6.45) is 0.896. The van der Waals surface area contributed by atoms with Crippen LogP contribution in [-0.2, 0) is 21.9 Å². The SMILES string of the molecule is CCOc1cc2c3c(c1)[C@]1(Nc4ccccc4CO1)C(=O)N3C(C)(C)C[C@@H]2C. The Morgan fingerprint density at radius 3 is 2.86 bits per heavy atom. The molecule has 28 heavy (non-hydrogen) atoms. The Morgan fingerprint density at radius 2 is 2.07 bits per heavy atom. The average Bonchev–Trinajstić information content (AvgIpc) is 2.89. The summed E-state index contributed by atoms with van der Waals surface area (Å²) in [6, 6.07) is 12.1. The third-order valence-corrected chi connectivity index (χ3v) is 6.25. The number of benzene rings is 2. The largest absolute Gasteiger partial charge is 0.494 e. The number of para-hydroxylation sites is 1. The fourth-order valence-electron chi connectivity index (χ4n) is 5.12. The number of amides is 1. The molecule has 3 aliphatic heterocycles. The lowest BCUT2D eigenvalue weighted by Gasteiger charge is -2.44. The van der Waals surface area contributed by atoms with Crippen molar-refractivity contribution in [3.8, 4) is 5.75 Å². The Balaban J connectivity index is 1.75. The number of nitrogens with one attached hydrogen (secondary N) is 1. The number of carbonyl (C=O) groups excluding carboxylic acids is 1. The summed E-state index contributed by atoms with van der Waals surface area (Å²) in [7, 11) is 0. The second-order valence-electron chi connectivity index (χ2n) is 8.65. The van der Waals surface area contributed by atoms with Crippen molar-refractivity contribution in [2.24, 2.45) is 0 Å². The molecule has 3 aliphatic rings. The van der Waals surface area contributed by atoms with E-state index in [1.807, 2.05) is 42.2 Å². The summed E-state index contributed by atoms with van der Waals surface area (Å²) in [5.41, 5.74) is 3.54. The minimum atomic E-state index is -1.20. The molecule has 1 amide bonds. The first-order valence-corrected chi connectivity index (χ1v) is 10.0. The minimum absolute atomic E-state index is 0.0381. The number of hydrogen-bond donors (Lipinski definition) is 1. The highest BCUT2D eigenvalue weighted by Crippen LogP contribution is 2.56. The second kappa shape index (κ2) is 5.74. The van der Waals surface area contributed by atoms with Gasteiger partial charge in [0.25, 0.3) is 5.91 Å². The van der Waals surface area contributed by atoms with E-state index in [-0.39, 0.29) is 11.4 Å². The molecule has 0 aromatic heterocycles. The van der Waals surface area contributed by atoms with Gasteiger partial charge in [-0.05, 0) is 56.9 Å². The van der Waals surface area contributed by atoms with E-state index in [1.165, 1.54) is 0 Å². The third-order valence-electron chi connectivity index (χ3n) is 6.25. The van der Waals surface area contributed by atoms with E-state index in [9.17, 15) is 4.79 Å². The zero-order valence-electron chi connectivity index (χ0n) is 16.8. The summed E-state index contributed by atoms with van der Waals surface area (Å²) in [6.45, 7) is 9.46.